The average molecular weight is 312 g/mol. The van der Waals surface area contributed by atoms with Crippen molar-refractivity contribution in [2.75, 3.05) is 6.61 Å². The molecule has 0 fully saturated rings. The first-order chi connectivity index (χ1) is 10.1. The lowest BCUT2D eigenvalue weighted by atomic mass is 10.1. The Hall–Kier alpha value is -0.730. The Kier molecular flexibility index (Phi) is 9.53. The van der Waals surface area contributed by atoms with E-state index in [0.717, 1.165) is 25.2 Å². The molecule has 0 bridgehead atoms. The van der Waals surface area contributed by atoms with E-state index >= 15 is 0 Å². The fourth-order valence-electron chi connectivity index (χ4n) is 2.40. The number of unbranched alkanes of at least 4 members (excludes halogenated alkanes) is 6. The molecule has 1 aromatic rings. The fraction of sp³-hybridized carbons (Fsp3) is 0.667. The van der Waals surface area contributed by atoms with Crippen LogP contribution in [0, 0.1) is 0 Å². The van der Waals surface area contributed by atoms with Crippen molar-refractivity contribution in [2.45, 2.75) is 71.3 Å². The number of halogens is 1. The van der Waals surface area contributed by atoms with Crippen LogP contribution in [0.15, 0.2) is 18.2 Å². The van der Waals surface area contributed by atoms with Gasteiger partial charge < -0.3 is 10.5 Å². The van der Waals surface area contributed by atoms with Crippen molar-refractivity contribution in [3.8, 4) is 5.75 Å². The molecule has 2 nitrogen and oxygen atoms in total. The Labute approximate surface area is 135 Å². The highest BCUT2D eigenvalue weighted by Crippen LogP contribution is 2.26. The highest BCUT2D eigenvalue weighted by Gasteiger charge is 2.05. The van der Waals surface area contributed by atoms with Crippen molar-refractivity contribution in [1.82, 2.24) is 0 Å². The summed E-state index contributed by atoms with van der Waals surface area (Å²) in [5, 5.41) is 0.691. The van der Waals surface area contributed by atoms with Crippen molar-refractivity contribution in [3.63, 3.8) is 0 Å². The summed E-state index contributed by atoms with van der Waals surface area (Å²) in [6.07, 6.45) is 9.88. The van der Waals surface area contributed by atoms with E-state index in [2.05, 4.69) is 13.0 Å². The minimum Gasteiger partial charge on any atom is -0.492 e. The summed E-state index contributed by atoms with van der Waals surface area (Å²) < 4.78 is 5.76. The zero-order valence-corrected chi connectivity index (χ0v) is 14.3. The summed E-state index contributed by atoms with van der Waals surface area (Å²) >= 11 is 6.24. The molecule has 1 rings (SSSR count). The highest BCUT2D eigenvalue weighted by atomic mass is 35.5. The summed E-state index contributed by atoms with van der Waals surface area (Å²) in [5.41, 5.74) is 6.96. The van der Waals surface area contributed by atoms with E-state index in [4.69, 9.17) is 22.1 Å². The first-order valence-electron chi connectivity index (χ1n) is 8.30. The maximum atomic E-state index is 6.24. The lowest BCUT2D eigenvalue weighted by molar-refractivity contribution is 0.304. The monoisotopic (exact) mass is 311 g/mol. The standard InChI is InChI=1S/C18H30ClNO/c1-3-4-5-6-7-8-9-12-21-18-11-10-16(13-15(2)20)14-17(18)19/h10-11,14-15H,3-9,12-13,20H2,1-2H3. The summed E-state index contributed by atoms with van der Waals surface area (Å²) in [4.78, 5) is 0. The molecule has 3 heteroatoms. The van der Waals surface area contributed by atoms with E-state index in [1.54, 1.807) is 0 Å². The van der Waals surface area contributed by atoms with E-state index < -0.39 is 0 Å². The van der Waals surface area contributed by atoms with Gasteiger partial charge in [0.05, 0.1) is 11.6 Å². The van der Waals surface area contributed by atoms with Gasteiger partial charge in [0.15, 0.2) is 0 Å². The van der Waals surface area contributed by atoms with E-state index in [1.807, 2.05) is 19.1 Å². The van der Waals surface area contributed by atoms with Gasteiger partial charge in [-0.25, -0.2) is 0 Å². The Bertz CT molecular complexity index is 393. The maximum Gasteiger partial charge on any atom is 0.137 e. The fourth-order valence-corrected chi connectivity index (χ4v) is 2.66. The van der Waals surface area contributed by atoms with Crippen LogP contribution in [0.1, 0.15) is 64.4 Å². The van der Waals surface area contributed by atoms with Crippen LogP contribution in [0.4, 0.5) is 0 Å². The van der Waals surface area contributed by atoms with E-state index in [9.17, 15) is 0 Å². The molecule has 0 amide bonds. The van der Waals surface area contributed by atoms with Gasteiger partial charge in [-0.2, -0.15) is 0 Å². The second-order valence-corrected chi connectivity index (χ2v) is 6.32. The number of rotatable bonds is 11. The van der Waals surface area contributed by atoms with Crippen molar-refractivity contribution in [3.05, 3.63) is 28.8 Å². The van der Waals surface area contributed by atoms with Gasteiger partial charge in [-0.1, -0.05) is 63.1 Å². The van der Waals surface area contributed by atoms with Gasteiger partial charge in [0.1, 0.15) is 5.75 Å². The summed E-state index contributed by atoms with van der Waals surface area (Å²) in [5.74, 6) is 0.788. The van der Waals surface area contributed by atoms with Gasteiger partial charge in [-0.15, -0.1) is 0 Å². The molecule has 21 heavy (non-hydrogen) atoms. The van der Waals surface area contributed by atoms with Gasteiger partial charge in [0.25, 0.3) is 0 Å². The van der Waals surface area contributed by atoms with Crippen LogP contribution < -0.4 is 10.5 Å². The Morgan fingerprint density at radius 3 is 2.38 bits per heavy atom. The number of hydrogen-bond acceptors (Lipinski definition) is 2. The third-order valence-corrected chi connectivity index (χ3v) is 3.85. The predicted molar refractivity (Wildman–Crippen MR) is 92.3 cm³/mol. The van der Waals surface area contributed by atoms with Crippen LogP contribution in [0.2, 0.25) is 5.02 Å². The normalized spacial score (nSPS) is 12.4. The molecular formula is C18H30ClNO. The summed E-state index contributed by atoms with van der Waals surface area (Å²) in [7, 11) is 0. The number of nitrogens with two attached hydrogens (primary N) is 1. The van der Waals surface area contributed by atoms with Crippen molar-refractivity contribution in [2.24, 2.45) is 5.73 Å². The third-order valence-electron chi connectivity index (χ3n) is 3.56. The molecule has 0 heterocycles. The molecule has 0 aromatic heterocycles. The highest BCUT2D eigenvalue weighted by molar-refractivity contribution is 6.32. The first-order valence-corrected chi connectivity index (χ1v) is 8.68. The maximum absolute atomic E-state index is 6.24. The summed E-state index contributed by atoms with van der Waals surface area (Å²) in [6.45, 7) is 5.00. The van der Waals surface area contributed by atoms with Crippen molar-refractivity contribution >= 4 is 11.6 Å². The van der Waals surface area contributed by atoms with Crippen LogP contribution >= 0.6 is 11.6 Å². The molecule has 0 radical (unpaired) electrons. The number of hydrogen-bond donors (Lipinski definition) is 1. The van der Waals surface area contributed by atoms with Crippen molar-refractivity contribution in [1.29, 1.82) is 0 Å². The predicted octanol–water partition coefficient (Wildman–Crippen LogP) is 5.36. The lowest BCUT2D eigenvalue weighted by Crippen LogP contribution is -2.17. The van der Waals surface area contributed by atoms with Gasteiger partial charge in [0.2, 0.25) is 0 Å². The smallest absolute Gasteiger partial charge is 0.137 e. The summed E-state index contributed by atoms with van der Waals surface area (Å²) in [6, 6.07) is 6.13. The minimum absolute atomic E-state index is 0.153. The first kappa shape index (κ1) is 18.3. The molecule has 0 saturated carbocycles. The zero-order chi connectivity index (χ0) is 15.5. The number of benzene rings is 1. The quantitative estimate of drug-likeness (QED) is 0.558. The molecule has 1 aromatic carbocycles. The van der Waals surface area contributed by atoms with Crippen LogP contribution in [0.25, 0.3) is 0 Å². The second-order valence-electron chi connectivity index (χ2n) is 5.92. The van der Waals surface area contributed by atoms with Gasteiger partial charge in [0, 0.05) is 6.04 Å². The van der Waals surface area contributed by atoms with E-state index in [0.29, 0.717) is 5.02 Å². The Morgan fingerprint density at radius 1 is 1.10 bits per heavy atom. The third kappa shape index (κ3) is 8.33. The number of ether oxygens (including phenoxy) is 1. The molecule has 0 aliphatic carbocycles. The van der Waals surface area contributed by atoms with Crippen LogP contribution in [-0.4, -0.2) is 12.6 Å². The Balaban J connectivity index is 2.20. The molecule has 0 aliphatic heterocycles. The second kappa shape index (κ2) is 10.9. The molecule has 120 valence electrons. The molecule has 0 spiro atoms. The van der Waals surface area contributed by atoms with Crippen LogP contribution in [0.5, 0.6) is 5.75 Å². The molecule has 0 aliphatic rings. The SMILES string of the molecule is CCCCCCCCCOc1ccc(CC(C)N)cc1Cl. The molecule has 1 unspecified atom stereocenters. The Morgan fingerprint density at radius 2 is 1.76 bits per heavy atom. The minimum atomic E-state index is 0.153. The van der Waals surface area contributed by atoms with E-state index in [1.165, 1.54) is 44.1 Å². The molecule has 1 atom stereocenters. The van der Waals surface area contributed by atoms with Crippen LogP contribution in [0.3, 0.4) is 0 Å². The van der Waals surface area contributed by atoms with Gasteiger partial charge in [-0.3, -0.25) is 0 Å². The van der Waals surface area contributed by atoms with E-state index in [-0.39, 0.29) is 6.04 Å². The lowest BCUT2D eigenvalue weighted by Gasteiger charge is -2.10. The van der Waals surface area contributed by atoms with Crippen molar-refractivity contribution < 1.29 is 4.74 Å². The average Bonchev–Trinajstić information content (AvgIpc) is 2.43. The molecular weight excluding hydrogens is 282 g/mol. The van der Waals surface area contributed by atoms with Gasteiger partial charge in [-0.05, 0) is 37.5 Å². The van der Waals surface area contributed by atoms with Gasteiger partial charge >= 0.3 is 0 Å². The van der Waals surface area contributed by atoms with Crippen LogP contribution in [-0.2, 0) is 6.42 Å². The molecule has 2 N–H and O–H groups in total. The largest absolute Gasteiger partial charge is 0.492 e. The topological polar surface area (TPSA) is 35.2 Å². The molecule has 0 saturated heterocycles. The zero-order valence-electron chi connectivity index (χ0n) is 13.5.